The zero-order valence-electron chi connectivity index (χ0n) is 12.3. The van der Waals surface area contributed by atoms with Crippen LogP contribution >= 0.6 is 46.4 Å². The smallest absolute Gasteiger partial charge is 0.322 e. The quantitative estimate of drug-likeness (QED) is 0.163. The maximum Gasteiger partial charge on any atom is 0.322 e. The Morgan fingerprint density at radius 3 is 1.33 bits per heavy atom. The average Bonchev–Trinajstić information content (AvgIpc) is 2.45. The van der Waals surface area contributed by atoms with Gasteiger partial charge in [0.2, 0.25) is 11.8 Å². The Bertz CT molecular complexity index is 394. The minimum atomic E-state index is -1.17. The number of halogens is 2. The second kappa shape index (κ2) is 15.6. The number of rotatable bonds is 11. The highest BCUT2D eigenvalue weighted by Crippen LogP contribution is 2.22. The predicted octanol–water partition coefficient (Wildman–Crippen LogP) is -1.73. The van der Waals surface area contributed by atoms with Crippen LogP contribution < -0.4 is 22.1 Å². The number of carboxylic acids is 2. The summed E-state index contributed by atoms with van der Waals surface area (Å²) in [5.74, 6) is -3.08. The van der Waals surface area contributed by atoms with E-state index in [9.17, 15) is 19.2 Å². The number of hydrogen-bond acceptors (Lipinski definition) is 8. The Labute approximate surface area is 158 Å². The molecule has 0 unspecified atom stereocenters. The third-order valence-electron chi connectivity index (χ3n) is 2.08. The molecule has 0 saturated heterocycles. The fourth-order valence-electron chi connectivity index (χ4n) is 0.982. The summed E-state index contributed by atoms with van der Waals surface area (Å²) in [6, 6.07) is -1.76. The molecule has 0 fully saturated rings. The molecule has 0 aliphatic heterocycles. The first-order valence-corrected chi connectivity index (χ1v) is 8.47. The van der Waals surface area contributed by atoms with E-state index < -0.39 is 48.9 Å². The van der Waals surface area contributed by atoms with Gasteiger partial charge in [0.25, 0.3) is 0 Å². The second-order valence-electron chi connectivity index (χ2n) is 4.01. The van der Waals surface area contributed by atoms with E-state index in [1.807, 2.05) is 0 Å². The molecule has 0 heterocycles. The van der Waals surface area contributed by atoms with Crippen LogP contribution in [0.3, 0.4) is 0 Å². The second-order valence-corrected chi connectivity index (χ2v) is 6.56. The molecule has 0 aromatic heterocycles. The number of carbonyl (C=O) groups is 4. The summed E-state index contributed by atoms with van der Waals surface area (Å²) in [6.07, 6.45) is 0. The zero-order valence-corrected chi connectivity index (χ0v) is 15.6. The Morgan fingerprint density at radius 2 is 1.08 bits per heavy atom. The molecule has 8 N–H and O–H groups in total. The van der Waals surface area contributed by atoms with Gasteiger partial charge >= 0.3 is 11.9 Å². The van der Waals surface area contributed by atoms with E-state index in [0.717, 1.165) is 0 Å². The van der Waals surface area contributed by atoms with Gasteiger partial charge in [0, 0.05) is 11.5 Å². The molecule has 142 valence electrons. The molecule has 14 heteroatoms. The van der Waals surface area contributed by atoms with Crippen molar-refractivity contribution in [2.45, 2.75) is 12.1 Å². The van der Waals surface area contributed by atoms with E-state index in [2.05, 4.69) is 10.6 Å². The van der Waals surface area contributed by atoms with Gasteiger partial charge in [-0.3, -0.25) is 19.2 Å². The van der Waals surface area contributed by atoms with Crippen molar-refractivity contribution < 1.29 is 29.4 Å². The number of nitrogens with one attached hydrogen (secondary N) is 2. The monoisotopic (exact) mass is 426 g/mol. The van der Waals surface area contributed by atoms with Crippen LogP contribution in [0.2, 0.25) is 0 Å². The normalized spacial score (nSPS) is 11.9. The highest BCUT2D eigenvalue weighted by Gasteiger charge is 2.17. The fraction of sp³-hybridized carbons (Fsp3) is 0.600. The third kappa shape index (κ3) is 14.7. The zero-order chi connectivity index (χ0) is 17.1. The number of carbonyl (C=O) groups excluding carboxylic acids is 2. The van der Waals surface area contributed by atoms with Gasteiger partial charge in [0.15, 0.2) is 0 Å². The fourth-order valence-corrected chi connectivity index (χ4v) is 3.23. The van der Waals surface area contributed by atoms with Gasteiger partial charge in [-0.05, 0) is 0 Å². The molecule has 2 atom stereocenters. The number of carboxylic acid groups (broad SMARTS) is 2. The van der Waals surface area contributed by atoms with E-state index in [1.165, 1.54) is 21.6 Å². The Balaban J connectivity index is -0.00000220. The Hall–Kier alpha value is -0.920. The molecular weight excluding hydrogens is 407 g/mol. The number of nitrogens with two attached hydrogens (primary N) is 2. The summed E-state index contributed by atoms with van der Waals surface area (Å²) in [7, 11) is 2.40. The van der Waals surface area contributed by atoms with Crippen LogP contribution in [0.15, 0.2) is 0 Å². The van der Waals surface area contributed by atoms with Crippen LogP contribution in [0.4, 0.5) is 0 Å². The summed E-state index contributed by atoms with van der Waals surface area (Å²) in [5.41, 5.74) is 11.1. The van der Waals surface area contributed by atoms with Crippen LogP contribution in [0.25, 0.3) is 0 Å². The van der Waals surface area contributed by atoms with Crippen molar-refractivity contribution in [2.24, 2.45) is 11.5 Å². The molecule has 0 aliphatic rings. The molecule has 0 bridgehead atoms. The first-order chi connectivity index (χ1) is 10.2. The molecule has 0 aromatic carbocycles. The molecular formula is C10H20Cl2N4O6S2. The van der Waals surface area contributed by atoms with Gasteiger partial charge in [0.1, 0.15) is 13.1 Å². The van der Waals surface area contributed by atoms with Crippen molar-refractivity contribution >= 4 is 70.2 Å². The van der Waals surface area contributed by atoms with Gasteiger partial charge in [-0.2, -0.15) is 0 Å². The van der Waals surface area contributed by atoms with Gasteiger partial charge in [0.05, 0.1) is 12.1 Å². The van der Waals surface area contributed by atoms with Gasteiger partial charge < -0.3 is 32.3 Å². The third-order valence-corrected chi connectivity index (χ3v) is 4.55. The molecule has 0 aromatic rings. The summed E-state index contributed by atoms with van der Waals surface area (Å²) in [4.78, 5) is 43.3. The maximum absolute atomic E-state index is 11.4. The van der Waals surface area contributed by atoms with E-state index >= 15 is 0 Å². The first kappa shape index (κ1) is 27.9. The maximum atomic E-state index is 11.4. The molecule has 10 nitrogen and oxygen atoms in total. The van der Waals surface area contributed by atoms with E-state index in [-0.39, 0.29) is 36.3 Å². The summed E-state index contributed by atoms with van der Waals surface area (Å²) in [5, 5.41) is 21.1. The highest BCUT2D eigenvalue weighted by molar-refractivity contribution is 8.76. The number of hydrogen-bond donors (Lipinski definition) is 6. The molecule has 0 rings (SSSR count). The van der Waals surface area contributed by atoms with Crippen molar-refractivity contribution in [3.63, 3.8) is 0 Å². The molecule has 0 aliphatic carbocycles. The van der Waals surface area contributed by atoms with Crippen LogP contribution in [-0.4, -0.2) is 70.6 Å². The van der Waals surface area contributed by atoms with Crippen molar-refractivity contribution in [1.29, 1.82) is 0 Å². The van der Waals surface area contributed by atoms with Crippen LogP contribution in [0.1, 0.15) is 0 Å². The summed E-state index contributed by atoms with van der Waals surface area (Å²) in [6.45, 7) is -1.00. The largest absolute Gasteiger partial charge is 0.480 e. The molecule has 0 radical (unpaired) electrons. The van der Waals surface area contributed by atoms with Crippen molar-refractivity contribution in [1.82, 2.24) is 10.6 Å². The lowest BCUT2D eigenvalue weighted by molar-refractivity contribution is -0.138. The topological polar surface area (TPSA) is 185 Å². The summed E-state index contributed by atoms with van der Waals surface area (Å²) >= 11 is 0. The highest BCUT2D eigenvalue weighted by atomic mass is 35.5. The molecule has 0 spiro atoms. The lowest BCUT2D eigenvalue weighted by atomic mass is 10.3. The predicted molar refractivity (Wildman–Crippen MR) is 96.7 cm³/mol. The van der Waals surface area contributed by atoms with Gasteiger partial charge in [-0.1, -0.05) is 21.6 Å². The minimum Gasteiger partial charge on any atom is -0.480 e. The van der Waals surface area contributed by atoms with Crippen molar-refractivity contribution in [3.8, 4) is 0 Å². The lowest BCUT2D eigenvalue weighted by Gasteiger charge is -2.12. The molecule has 2 amide bonds. The number of aliphatic carboxylic acids is 2. The van der Waals surface area contributed by atoms with Crippen LogP contribution in [0, 0.1) is 0 Å². The van der Waals surface area contributed by atoms with Crippen LogP contribution in [0.5, 0.6) is 0 Å². The lowest BCUT2D eigenvalue weighted by Crippen LogP contribution is -2.44. The summed E-state index contributed by atoms with van der Waals surface area (Å²) < 4.78 is 0. The Kier molecular flexibility index (Phi) is 18.1. The average molecular weight is 427 g/mol. The van der Waals surface area contributed by atoms with Gasteiger partial charge in [-0.15, -0.1) is 24.8 Å². The van der Waals surface area contributed by atoms with E-state index in [0.29, 0.717) is 0 Å². The molecule has 24 heavy (non-hydrogen) atoms. The standard InChI is InChI=1S/C10H18N4O6S2.2ClH/c11-5(9(19)13-1-7(15)16)3-21-22-4-6(12)10(20)14-2-8(17)18;;/h5-6H,1-4,11-12H2,(H,13,19)(H,14,20)(H,15,16)(H,17,18);2*1H/t5-,6-;;/m0../s1. The SMILES string of the molecule is Cl.Cl.N[C@@H](CSSC[C@H](N)C(=O)NCC(=O)O)C(=O)NCC(=O)O. The molecule has 0 saturated carbocycles. The van der Waals surface area contributed by atoms with Crippen molar-refractivity contribution in [2.75, 3.05) is 24.6 Å². The van der Waals surface area contributed by atoms with Gasteiger partial charge in [-0.25, -0.2) is 0 Å². The minimum absolute atomic E-state index is 0. The van der Waals surface area contributed by atoms with E-state index in [1.54, 1.807) is 0 Å². The first-order valence-electron chi connectivity index (χ1n) is 5.98. The number of amides is 2. The van der Waals surface area contributed by atoms with Crippen LogP contribution in [-0.2, 0) is 19.2 Å². The van der Waals surface area contributed by atoms with Crippen molar-refractivity contribution in [3.05, 3.63) is 0 Å². The van der Waals surface area contributed by atoms with E-state index in [4.69, 9.17) is 21.7 Å². The Morgan fingerprint density at radius 1 is 0.792 bits per heavy atom.